The van der Waals surface area contributed by atoms with Crippen LogP contribution in [-0.4, -0.2) is 14.5 Å². The molecule has 0 atom stereocenters. The molecule has 0 spiro atoms. The molecule has 0 aliphatic heterocycles. The SMILES string of the molecule is S=c1sc(/C=C/c2ccc(Br)cc2)c[se]1. The molecule has 1 aromatic carbocycles. The second-order valence-electron chi connectivity index (χ2n) is 2.88. The zero-order chi connectivity index (χ0) is 10.7. The molecule has 0 nitrogen and oxygen atoms in total. The third kappa shape index (κ3) is 3.51. The van der Waals surface area contributed by atoms with Crippen LogP contribution in [-0.2, 0) is 0 Å². The van der Waals surface area contributed by atoms with Crippen LogP contribution < -0.4 is 0 Å². The molecular formula is C11H7BrS2Se. The second-order valence-corrected chi connectivity index (χ2v) is 8.55. The van der Waals surface area contributed by atoms with E-state index < -0.39 is 0 Å². The number of hydrogen-bond donors (Lipinski definition) is 0. The molecule has 0 saturated carbocycles. The van der Waals surface area contributed by atoms with Crippen LogP contribution >= 0.6 is 39.5 Å². The van der Waals surface area contributed by atoms with E-state index in [2.05, 4.69) is 45.2 Å². The molecule has 2 rings (SSSR count). The van der Waals surface area contributed by atoms with Crippen molar-refractivity contribution in [2.24, 2.45) is 0 Å². The minimum absolute atomic E-state index is 0.416. The maximum absolute atomic E-state index is 5.14. The molecule has 15 heavy (non-hydrogen) atoms. The van der Waals surface area contributed by atoms with Crippen molar-refractivity contribution in [2.45, 2.75) is 0 Å². The summed E-state index contributed by atoms with van der Waals surface area (Å²) in [6, 6.07) is 8.27. The van der Waals surface area contributed by atoms with Gasteiger partial charge in [-0.3, -0.25) is 0 Å². The molecule has 0 amide bonds. The predicted molar refractivity (Wildman–Crippen MR) is 75.2 cm³/mol. The summed E-state index contributed by atoms with van der Waals surface area (Å²) in [7, 11) is 0. The zero-order valence-corrected chi connectivity index (χ0v) is 12.6. The molecule has 0 aliphatic carbocycles. The van der Waals surface area contributed by atoms with Gasteiger partial charge in [-0.05, 0) is 0 Å². The Morgan fingerprint density at radius 2 is 1.93 bits per heavy atom. The summed E-state index contributed by atoms with van der Waals surface area (Å²) in [5.41, 5.74) is 1.21. The third-order valence-electron chi connectivity index (χ3n) is 1.78. The maximum atomic E-state index is 5.14. The Bertz CT molecular complexity index is 522. The molecule has 1 aromatic heterocycles. The van der Waals surface area contributed by atoms with Gasteiger partial charge in [0.15, 0.2) is 0 Å². The minimum atomic E-state index is 0.416. The molecule has 0 saturated heterocycles. The zero-order valence-electron chi connectivity index (χ0n) is 7.64. The Balaban J connectivity index is 2.18. The van der Waals surface area contributed by atoms with Crippen molar-refractivity contribution in [1.82, 2.24) is 0 Å². The van der Waals surface area contributed by atoms with Crippen LogP contribution in [0.5, 0.6) is 0 Å². The van der Waals surface area contributed by atoms with Crippen molar-refractivity contribution in [3.63, 3.8) is 0 Å². The fourth-order valence-electron chi connectivity index (χ4n) is 1.08. The van der Waals surface area contributed by atoms with E-state index >= 15 is 0 Å². The van der Waals surface area contributed by atoms with Crippen molar-refractivity contribution >= 4 is 66.1 Å². The summed E-state index contributed by atoms with van der Waals surface area (Å²) in [6.07, 6.45) is 4.25. The topological polar surface area (TPSA) is 0 Å². The quantitative estimate of drug-likeness (QED) is 0.561. The first-order valence-electron chi connectivity index (χ1n) is 4.26. The van der Waals surface area contributed by atoms with Crippen molar-refractivity contribution < 1.29 is 0 Å². The summed E-state index contributed by atoms with van der Waals surface area (Å²) >= 11 is 10.7. The Morgan fingerprint density at radius 3 is 2.53 bits per heavy atom. The van der Waals surface area contributed by atoms with Crippen LogP contribution in [0.2, 0.25) is 0 Å². The van der Waals surface area contributed by atoms with Crippen molar-refractivity contribution in [1.29, 1.82) is 0 Å². The Kier molecular flexibility index (Phi) is 4.12. The molecule has 0 unspecified atom stereocenters. The predicted octanol–water partition coefficient (Wildman–Crippen LogP) is 4.47. The van der Waals surface area contributed by atoms with Crippen LogP contribution in [0.4, 0.5) is 0 Å². The normalized spacial score (nSPS) is 11.0. The number of halogens is 1. The number of benzene rings is 1. The Morgan fingerprint density at radius 1 is 1.20 bits per heavy atom. The van der Waals surface area contributed by atoms with Crippen LogP contribution in [0.3, 0.4) is 0 Å². The summed E-state index contributed by atoms with van der Waals surface area (Å²) in [5.74, 6) is 0. The van der Waals surface area contributed by atoms with Gasteiger partial charge in [-0.15, -0.1) is 0 Å². The van der Waals surface area contributed by atoms with E-state index in [0.717, 1.165) is 7.17 Å². The van der Waals surface area contributed by atoms with Gasteiger partial charge < -0.3 is 0 Å². The first kappa shape index (κ1) is 11.5. The van der Waals surface area contributed by atoms with Gasteiger partial charge in [0.05, 0.1) is 0 Å². The summed E-state index contributed by atoms with van der Waals surface area (Å²) in [5, 5.41) is 0. The summed E-state index contributed by atoms with van der Waals surface area (Å²) < 4.78 is 2.23. The van der Waals surface area contributed by atoms with E-state index in [-0.39, 0.29) is 0 Å². The molecule has 76 valence electrons. The van der Waals surface area contributed by atoms with Gasteiger partial charge in [0.2, 0.25) is 0 Å². The Hall–Kier alpha value is 0.00948. The van der Waals surface area contributed by atoms with Gasteiger partial charge in [0.1, 0.15) is 0 Å². The second kappa shape index (κ2) is 5.37. The molecule has 0 aliphatic rings. The van der Waals surface area contributed by atoms with E-state index in [9.17, 15) is 0 Å². The molecule has 4 heteroatoms. The van der Waals surface area contributed by atoms with Crippen molar-refractivity contribution in [2.75, 3.05) is 0 Å². The standard InChI is InChI=1S/C11H7BrS2Se/c12-9-4-1-8(2-5-9)3-6-10-7-15-11(13)14-10/h1-7H/b6-3+. The fourth-order valence-corrected chi connectivity index (χ4v) is 4.63. The van der Waals surface area contributed by atoms with Gasteiger partial charge in [0, 0.05) is 0 Å². The van der Waals surface area contributed by atoms with Crippen LogP contribution in [0.25, 0.3) is 12.2 Å². The number of rotatable bonds is 2. The molecule has 0 N–H and O–H groups in total. The fraction of sp³-hybridized carbons (Fsp3) is 0. The van der Waals surface area contributed by atoms with E-state index in [0.29, 0.717) is 14.5 Å². The Labute approximate surface area is 112 Å². The molecule has 2 aromatic rings. The van der Waals surface area contributed by atoms with Gasteiger partial charge in [0.25, 0.3) is 0 Å². The van der Waals surface area contributed by atoms with E-state index in [4.69, 9.17) is 12.2 Å². The molecule has 1 heterocycles. The molecule has 0 fully saturated rings. The van der Waals surface area contributed by atoms with Gasteiger partial charge >= 0.3 is 113 Å². The van der Waals surface area contributed by atoms with Crippen LogP contribution in [0, 0.1) is 2.70 Å². The average Bonchev–Trinajstić information content (AvgIpc) is 2.64. The summed E-state index contributed by atoms with van der Waals surface area (Å²) in [4.78, 5) is 3.51. The van der Waals surface area contributed by atoms with Crippen molar-refractivity contribution in [3.8, 4) is 0 Å². The van der Waals surface area contributed by atoms with Crippen LogP contribution in [0.15, 0.2) is 33.7 Å². The summed E-state index contributed by atoms with van der Waals surface area (Å²) in [6.45, 7) is 0. The van der Waals surface area contributed by atoms with Gasteiger partial charge in [-0.2, -0.15) is 0 Å². The molecule has 0 bridgehead atoms. The molecular weight excluding hydrogens is 355 g/mol. The van der Waals surface area contributed by atoms with Crippen molar-refractivity contribution in [3.05, 3.63) is 46.8 Å². The van der Waals surface area contributed by atoms with E-state index in [1.807, 2.05) is 12.1 Å². The average molecular weight is 362 g/mol. The van der Waals surface area contributed by atoms with E-state index in [1.54, 1.807) is 11.3 Å². The number of hydrogen-bond acceptors (Lipinski definition) is 2. The van der Waals surface area contributed by atoms with Crippen LogP contribution in [0.1, 0.15) is 10.4 Å². The van der Waals surface area contributed by atoms with Gasteiger partial charge in [-0.1, -0.05) is 0 Å². The first-order valence-corrected chi connectivity index (χ1v) is 8.13. The monoisotopic (exact) mass is 362 g/mol. The van der Waals surface area contributed by atoms with Gasteiger partial charge in [-0.25, -0.2) is 0 Å². The molecule has 0 radical (unpaired) electrons. The first-order chi connectivity index (χ1) is 7.24. The third-order valence-corrected chi connectivity index (χ3v) is 6.26. The van der Waals surface area contributed by atoms with E-state index in [1.165, 1.54) is 10.4 Å².